The van der Waals surface area contributed by atoms with Crippen molar-refractivity contribution in [3.8, 4) is 5.69 Å². The number of aryl methyl sites for hydroxylation is 1. The van der Waals surface area contributed by atoms with Crippen molar-refractivity contribution < 1.29 is 0 Å². The lowest BCUT2D eigenvalue weighted by Gasteiger charge is -2.26. The lowest BCUT2D eigenvalue weighted by molar-refractivity contribution is 0.665. The van der Waals surface area contributed by atoms with Crippen LogP contribution in [-0.2, 0) is 13.0 Å². The Hall–Kier alpha value is -2.63. The third kappa shape index (κ3) is 2.29. The van der Waals surface area contributed by atoms with Gasteiger partial charge in [-0.1, -0.05) is 18.2 Å². The van der Waals surface area contributed by atoms with E-state index in [1.54, 1.807) is 6.33 Å². The Kier molecular flexibility index (Phi) is 2.92. The molecule has 0 amide bonds. The third-order valence-corrected chi connectivity index (χ3v) is 3.78. The molecule has 21 heavy (non-hydrogen) atoms. The lowest BCUT2D eigenvalue weighted by atomic mass is 10.1. The molecule has 1 aliphatic heterocycles. The second-order valence-corrected chi connectivity index (χ2v) is 5.20. The van der Waals surface area contributed by atoms with Gasteiger partial charge < -0.3 is 4.90 Å². The Balaban J connectivity index is 1.56. The van der Waals surface area contributed by atoms with E-state index in [0.29, 0.717) is 6.54 Å². The maximum absolute atomic E-state index is 4.57. The summed E-state index contributed by atoms with van der Waals surface area (Å²) in [6.45, 7) is 1.73. The number of rotatable bonds is 3. The van der Waals surface area contributed by atoms with Crippen LogP contribution >= 0.6 is 0 Å². The molecule has 6 heteroatoms. The van der Waals surface area contributed by atoms with Crippen molar-refractivity contribution in [1.29, 1.82) is 0 Å². The fraction of sp³-hybridized carbons (Fsp3) is 0.267. The zero-order chi connectivity index (χ0) is 14.1. The van der Waals surface area contributed by atoms with Crippen molar-refractivity contribution >= 4 is 5.69 Å². The van der Waals surface area contributed by atoms with E-state index >= 15 is 0 Å². The van der Waals surface area contributed by atoms with Crippen LogP contribution in [0.2, 0.25) is 0 Å². The predicted octanol–water partition coefficient (Wildman–Crippen LogP) is 1.94. The van der Waals surface area contributed by atoms with E-state index < -0.39 is 0 Å². The van der Waals surface area contributed by atoms with Crippen LogP contribution in [0.15, 0.2) is 42.9 Å². The van der Waals surface area contributed by atoms with Crippen molar-refractivity contribution in [2.45, 2.75) is 19.4 Å². The minimum Gasteiger partial charge on any atom is -0.361 e. The van der Waals surface area contributed by atoms with Gasteiger partial charge in [0.2, 0.25) is 0 Å². The van der Waals surface area contributed by atoms with E-state index in [4.69, 9.17) is 0 Å². The zero-order valence-corrected chi connectivity index (χ0v) is 11.6. The van der Waals surface area contributed by atoms with Gasteiger partial charge in [-0.25, -0.2) is 9.67 Å². The topological polar surface area (TPSA) is 62.6 Å². The van der Waals surface area contributed by atoms with Gasteiger partial charge in [0.25, 0.3) is 0 Å². The first-order chi connectivity index (χ1) is 10.4. The Morgan fingerprint density at radius 3 is 3.00 bits per heavy atom. The number of hydrogen-bond acceptors (Lipinski definition) is 4. The Morgan fingerprint density at radius 2 is 2.10 bits per heavy atom. The molecule has 0 radical (unpaired) electrons. The average molecular weight is 280 g/mol. The molecule has 0 bridgehead atoms. The van der Waals surface area contributed by atoms with Crippen LogP contribution in [0.5, 0.6) is 0 Å². The van der Waals surface area contributed by atoms with E-state index in [2.05, 4.69) is 25.2 Å². The van der Waals surface area contributed by atoms with Gasteiger partial charge >= 0.3 is 0 Å². The van der Waals surface area contributed by atoms with Gasteiger partial charge in [0, 0.05) is 6.54 Å². The molecule has 0 unspecified atom stereocenters. The summed E-state index contributed by atoms with van der Waals surface area (Å²) < 4.78 is 1.82. The molecule has 3 aromatic rings. The molecular weight excluding hydrogens is 264 g/mol. The molecule has 2 aromatic heterocycles. The summed E-state index contributed by atoms with van der Waals surface area (Å²) in [7, 11) is 0. The molecule has 1 aliphatic rings. The molecule has 3 heterocycles. The summed E-state index contributed by atoms with van der Waals surface area (Å²) >= 11 is 0. The second kappa shape index (κ2) is 5.05. The van der Waals surface area contributed by atoms with Gasteiger partial charge in [-0.2, -0.15) is 5.10 Å². The number of aromatic nitrogens is 5. The summed E-state index contributed by atoms with van der Waals surface area (Å²) in [5.41, 5.74) is 3.42. The number of aromatic amines is 1. The van der Waals surface area contributed by atoms with Crippen LogP contribution in [0.25, 0.3) is 5.69 Å². The highest BCUT2D eigenvalue weighted by Crippen LogP contribution is 2.25. The van der Waals surface area contributed by atoms with Crippen LogP contribution in [0.4, 0.5) is 5.69 Å². The molecule has 0 saturated carbocycles. The van der Waals surface area contributed by atoms with Crippen LogP contribution < -0.4 is 4.90 Å². The van der Waals surface area contributed by atoms with Crippen molar-refractivity contribution in [1.82, 2.24) is 25.0 Å². The zero-order valence-electron chi connectivity index (χ0n) is 11.6. The quantitative estimate of drug-likeness (QED) is 0.796. The van der Waals surface area contributed by atoms with E-state index in [9.17, 15) is 0 Å². The highest BCUT2D eigenvalue weighted by atomic mass is 15.3. The Morgan fingerprint density at radius 1 is 1.19 bits per heavy atom. The normalized spacial score (nSPS) is 14.2. The van der Waals surface area contributed by atoms with Crippen LogP contribution in [0, 0.1) is 0 Å². The maximum Gasteiger partial charge on any atom is 0.170 e. The van der Waals surface area contributed by atoms with Gasteiger partial charge in [-0.05, 0) is 25.0 Å². The first kappa shape index (κ1) is 12.1. The standard InChI is InChI=1S/C15H16N6/c1-2-5-12(6-3-1)21-11-16-15(19-21)10-20-8-4-7-13-14(20)9-17-18-13/h1-3,5-6,9,11H,4,7-8,10H2,(H,17,18). The summed E-state index contributed by atoms with van der Waals surface area (Å²) in [5, 5.41) is 11.8. The lowest BCUT2D eigenvalue weighted by Crippen LogP contribution is -2.28. The minimum absolute atomic E-state index is 0.715. The van der Waals surface area contributed by atoms with Gasteiger partial charge in [-0.15, -0.1) is 5.10 Å². The molecular formula is C15H16N6. The largest absolute Gasteiger partial charge is 0.361 e. The number of para-hydroxylation sites is 1. The fourth-order valence-electron chi connectivity index (χ4n) is 2.74. The summed E-state index contributed by atoms with van der Waals surface area (Å²) in [6, 6.07) is 10.0. The first-order valence-corrected chi connectivity index (χ1v) is 7.13. The number of nitrogens with one attached hydrogen (secondary N) is 1. The van der Waals surface area contributed by atoms with Gasteiger partial charge in [-0.3, -0.25) is 5.10 Å². The number of fused-ring (bicyclic) bond motifs is 1. The van der Waals surface area contributed by atoms with E-state index in [1.165, 1.54) is 11.4 Å². The summed E-state index contributed by atoms with van der Waals surface area (Å²) in [5.74, 6) is 0.827. The molecule has 0 aliphatic carbocycles. The molecule has 0 fully saturated rings. The molecule has 1 N–H and O–H groups in total. The van der Waals surface area contributed by atoms with Crippen molar-refractivity contribution in [2.24, 2.45) is 0 Å². The number of anilines is 1. The molecule has 0 spiro atoms. The maximum atomic E-state index is 4.57. The van der Waals surface area contributed by atoms with Crippen LogP contribution in [-0.4, -0.2) is 31.5 Å². The molecule has 6 nitrogen and oxygen atoms in total. The fourth-order valence-corrected chi connectivity index (χ4v) is 2.74. The summed E-state index contributed by atoms with van der Waals surface area (Å²) in [4.78, 5) is 6.71. The molecule has 1 aromatic carbocycles. The van der Waals surface area contributed by atoms with E-state index in [1.807, 2.05) is 41.2 Å². The van der Waals surface area contributed by atoms with Crippen molar-refractivity contribution in [2.75, 3.05) is 11.4 Å². The minimum atomic E-state index is 0.715. The molecule has 0 saturated heterocycles. The third-order valence-electron chi connectivity index (χ3n) is 3.78. The number of benzene rings is 1. The monoisotopic (exact) mass is 280 g/mol. The SMILES string of the molecule is c1ccc(-n2cnc(CN3CCCc4[nH]ncc43)n2)cc1. The highest BCUT2D eigenvalue weighted by Gasteiger charge is 2.19. The van der Waals surface area contributed by atoms with Crippen LogP contribution in [0.3, 0.4) is 0 Å². The molecule has 4 rings (SSSR count). The average Bonchev–Trinajstić information content (AvgIpc) is 3.17. The number of hydrogen-bond donors (Lipinski definition) is 1. The Labute approximate surface area is 122 Å². The van der Waals surface area contributed by atoms with Gasteiger partial charge in [0.15, 0.2) is 5.82 Å². The van der Waals surface area contributed by atoms with Gasteiger partial charge in [0.05, 0.1) is 29.8 Å². The van der Waals surface area contributed by atoms with E-state index in [0.717, 1.165) is 30.9 Å². The smallest absolute Gasteiger partial charge is 0.170 e. The van der Waals surface area contributed by atoms with E-state index in [-0.39, 0.29) is 0 Å². The van der Waals surface area contributed by atoms with Gasteiger partial charge in [0.1, 0.15) is 6.33 Å². The predicted molar refractivity (Wildman–Crippen MR) is 79.3 cm³/mol. The second-order valence-electron chi connectivity index (χ2n) is 5.20. The highest BCUT2D eigenvalue weighted by molar-refractivity contribution is 5.50. The van der Waals surface area contributed by atoms with Crippen LogP contribution in [0.1, 0.15) is 17.9 Å². The Bertz CT molecular complexity index is 729. The molecule has 106 valence electrons. The number of nitrogens with zero attached hydrogens (tertiary/aromatic N) is 5. The first-order valence-electron chi connectivity index (χ1n) is 7.13. The summed E-state index contributed by atoms with van der Waals surface area (Å²) in [6.07, 6.45) is 5.86. The molecule has 0 atom stereocenters. The number of H-pyrrole nitrogens is 1. The van der Waals surface area contributed by atoms with Crippen molar-refractivity contribution in [3.63, 3.8) is 0 Å². The van der Waals surface area contributed by atoms with Crippen molar-refractivity contribution in [3.05, 3.63) is 54.4 Å².